The minimum atomic E-state index is -0.710. The van der Waals surface area contributed by atoms with Crippen molar-refractivity contribution in [1.29, 1.82) is 5.26 Å². The van der Waals surface area contributed by atoms with Crippen LogP contribution in [0.15, 0.2) is 76.5 Å². The van der Waals surface area contributed by atoms with Gasteiger partial charge in [0.05, 0.1) is 17.2 Å². The molecular weight excluding hydrogens is 378 g/mol. The molecule has 3 aromatic rings. The Labute approximate surface area is 166 Å². The Hall–Kier alpha value is -3.17. The number of amides is 1. The number of nitrogens with zero attached hydrogens (tertiary/aromatic N) is 1. The maximum atomic E-state index is 14.0. The maximum Gasteiger partial charge on any atom is 0.252 e. The fourth-order valence-corrected chi connectivity index (χ4v) is 3.74. The first kappa shape index (κ1) is 19.6. The molecule has 6 heteroatoms. The van der Waals surface area contributed by atoms with Gasteiger partial charge in [0.15, 0.2) is 0 Å². The molecule has 0 aromatic heterocycles. The van der Waals surface area contributed by atoms with Crippen molar-refractivity contribution in [2.45, 2.75) is 22.8 Å². The van der Waals surface area contributed by atoms with E-state index in [0.717, 1.165) is 17.0 Å². The van der Waals surface area contributed by atoms with Crippen LogP contribution in [0.25, 0.3) is 0 Å². The minimum Gasteiger partial charge on any atom is -0.345 e. The number of hydrogen-bond acceptors (Lipinski definition) is 3. The van der Waals surface area contributed by atoms with Gasteiger partial charge in [0.1, 0.15) is 17.7 Å². The third-order valence-electron chi connectivity index (χ3n) is 4.14. The highest BCUT2D eigenvalue weighted by molar-refractivity contribution is 7.99. The van der Waals surface area contributed by atoms with Crippen LogP contribution in [0, 0.1) is 23.0 Å². The van der Waals surface area contributed by atoms with Crippen LogP contribution in [0.1, 0.15) is 34.5 Å². The molecule has 0 heterocycles. The van der Waals surface area contributed by atoms with Crippen molar-refractivity contribution in [3.05, 3.63) is 95.1 Å². The van der Waals surface area contributed by atoms with Gasteiger partial charge in [-0.3, -0.25) is 4.79 Å². The number of carbonyl (C=O) groups is 1. The summed E-state index contributed by atoms with van der Waals surface area (Å²) in [5.74, 6) is -1.76. The van der Waals surface area contributed by atoms with Crippen LogP contribution in [-0.4, -0.2) is 5.91 Å². The van der Waals surface area contributed by atoms with Crippen LogP contribution in [0.2, 0.25) is 0 Å². The van der Waals surface area contributed by atoms with E-state index in [-0.39, 0.29) is 11.5 Å². The van der Waals surface area contributed by atoms with E-state index in [2.05, 4.69) is 11.4 Å². The molecule has 1 atom stereocenters. The largest absolute Gasteiger partial charge is 0.345 e. The van der Waals surface area contributed by atoms with Gasteiger partial charge < -0.3 is 5.32 Å². The van der Waals surface area contributed by atoms with Crippen LogP contribution < -0.4 is 5.32 Å². The fraction of sp³-hybridized carbons (Fsp3) is 0.0909. The molecule has 1 N–H and O–H groups in total. The highest BCUT2D eigenvalue weighted by atomic mass is 32.2. The molecule has 0 saturated heterocycles. The van der Waals surface area contributed by atoms with Crippen molar-refractivity contribution in [3.63, 3.8) is 0 Å². The van der Waals surface area contributed by atoms with Crippen molar-refractivity contribution in [2.24, 2.45) is 0 Å². The van der Waals surface area contributed by atoms with Crippen LogP contribution in [0.3, 0.4) is 0 Å². The molecule has 140 valence electrons. The summed E-state index contributed by atoms with van der Waals surface area (Å²) in [5.41, 5.74) is 1.13. The van der Waals surface area contributed by atoms with E-state index >= 15 is 0 Å². The molecule has 0 radical (unpaired) electrons. The second kappa shape index (κ2) is 8.68. The lowest BCUT2D eigenvalue weighted by Crippen LogP contribution is -2.27. The minimum absolute atomic E-state index is 0.203. The first-order valence-corrected chi connectivity index (χ1v) is 9.33. The lowest BCUT2D eigenvalue weighted by Gasteiger charge is -2.17. The normalized spacial score (nSPS) is 11.5. The van der Waals surface area contributed by atoms with E-state index in [0.29, 0.717) is 16.0 Å². The Morgan fingerprint density at radius 2 is 1.71 bits per heavy atom. The highest BCUT2D eigenvalue weighted by Gasteiger charge is 2.18. The lowest BCUT2D eigenvalue weighted by atomic mass is 10.1. The Morgan fingerprint density at radius 1 is 1.04 bits per heavy atom. The maximum absolute atomic E-state index is 14.0. The van der Waals surface area contributed by atoms with Crippen molar-refractivity contribution in [3.8, 4) is 6.07 Å². The number of carbonyl (C=O) groups excluding carboxylic acids is 1. The second-order valence-corrected chi connectivity index (χ2v) is 7.15. The van der Waals surface area contributed by atoms with E-state index in [9.17, 15) is 18.8 Å². The molecular formula is C22H16F2N2OS. The average Bonchev–Trinajstić information content (AvgIpc) is 2.68. The molecule has 3 rings (SSSR count). The quantitative estimate of drug-likeness (QED) is 0.624. The zero-order valence-electron chi connectivity index (χ0n) is 14.9. The van der Waals surface area contributed by atoms with Crippen LogP contribution in [0.4, 0.5) is 8.78 Å². The fourth-order valence-electron chi connectivity index (χ4n) is 2.71. The Kier molecular flexibility index (Phi) is 6.07. The van der Waals surface area contributed by atoms with Gasteiger partial charge in [0.25, 0.3) is 5.91 Å². The van der Waals surface area contributed by atoms with Gasteiger partial charge in [-0.05, 0) is 37.3 Å². The lowest BCUT2D eigenvalue weighted by molar-refractivity contribution is 0.0936. The smallest absolute Gasteiger partial charge is 0.252 e. The second-order valence-electron chi connectivity index (χ2n) is 6.07. The van der Waals surface area contributed by atoms with E-state index in [1.807, 2.05) is 12.1 Å². The SMILES string of the molecule is CC(NC(=O)c1ccccc1Sc1ccccc1C#N)c1ccc(F)cc1F. The van der Waals surface area contributed by atoms with Crippen molar-refractivity contribution >= 4 is 17.7 Å². The summed E-state index contributed by atoms with van der Waals surface area (Å²) in [6, 6.07) is 18.9. The number of benzene rings is 3. The molecule has 28 heavy (non-hydrogen) atoms. The Balaban J connectivity index is 1.84. The molecule has 0 fully saturated rings. The molecule has 0 spiro atoms. The van der Waals surface area contributed by atoms with E-state index in [4.69, 9.17) is 0 Å². The van der Waals surface area contributed by atoms with E-state index in [1.54, 1.807) is 43.3 Å². The van der Waals surface area contributed by atoms with Gasteiger partial charge in [-0.25, -0.2) is 8.78 Å². The number of halogens is 2. The highest BCUT2D eigenvalue weighted by Crippen LogP contribution is 2.32. The molecule has 0 aliphatic rings. The third-order valence-corrected chi connectivity index (χ3v) is 5.29. The topological polar surface area (TPSA) is 52.9 Å². The van der Waals surface area contributed by atoms with Gasteiger partial charge in [-0.2, -0.15) is 5.26 Å². The standard InChI is InChI=1S/C22H16F2N2OS/c1-14(17-11-10-16(23)12-19(17)24)26-22(27)18-7-3-5-9-21(18)28-20-8-4-2-6-15(20)13-25/h2-12,14H,1H3,(H,26,27). The molecule has 3 aromatic carbocycles. The summed E-state index contributed by atoms with van der Waals surface area (Å²) in [6.07, 6.45) is 0. The summed E-state index contributed by atoms with van der Waals surface area (Å²) >= 11 is 1.31. The molecule has 1 unspecified atom stereocenters. The summed E-state index contributed by atoms with van der Waals surface area (Å²) in [5, 5.41) is 12.0. The average molecular weight is 394 g/mol. The monoisotopic (exact) mass is 394 g/mol. The Bertz CT molecular complexity index is 1060. The van der Waals surface area contributed by atoms with Crippen LogP contribution >= 0.6 is 11.8 Å². The first-order chi connectivity index (χ1) is 13.5. The van der Waals surface area contributed by atoms with Crippen LogP contribution in [0.5, 0.6) is 0 Å². The van der Waals surface area contributed by atoms with Gasteiger partial charge in [-0.1, -0.05) is 42.1 Å². The zero-order valence-corrected chi connectivity index (χ0v) is 15.8. The number of hydrogen-bond donors (Lipinski definition) is 1. The van der Waals surface area contributed by atoms with Crippen molar-refractivity contribution in [1.82, 2.24) is 5.32 Å². The summed E-state index contributed by atoms with van der Waals surface area (Å²) in [7, 11) is 0. The number of nitriles is 1. The third kappa shape index (κ3) is 4.38. The van der Waals surface area contributed by atoms with Gasteiger partial charge in [0, 0.05) is 21.4 Å². The van der Waals surface area contributed by atoms with Gasteiger partial charge in [-0.15, -0.1) is 0 Å². The summed E-state index contributed by atoms with van der Waals surface area (Å²) in [4.78, 5) is 14.2. The Morgan fingerprint density at radius 3 is 2.43 bits per heavy atom. The number of nitrogens with one attached hydrogen (secondary N) is 1. The predicted molar refractivity (Wildman–Crippen MR) is 104 cm³/mol. The zero-order chi connectivity index (χ0) is 20.1. The molecule has 3 nitrogen and oxygen atoms in total. The summed E-state index contributed by atoms with van der Waals surface area (Å²) in [6.45, 7) is 1.63. The molecule has 0 aliphatic heterocycles. The first-order valence-electron chi connectivity index (χ1n) is 8.51. The van der Waals surface area contributed by atoms with Gasteiger partial charge in [0.2, 0.25) is 0 Å². The predicted octanol–water partition coefficient (Wildman–Crippen LogP) is 5.48. The van der Waals surface area contributed by atoms with E-state index in [1.165, 1.54) is 17.8 Å². The van der Waals surface area contributed by atoms with Gasteiger partial charge >= 0.3 is 0 Å². The molecule has 1 amide bonds. The molecule has 0 bridgehead atoms. The van der Waals surface area contributed by atoms with Crippen molar-refractivity contribution in [2.75, 3.05) is 0 Å². The molecule has 0 aliphatic carbocycles. The van der Waals surface area contributed by atoms with Crippen LogP contribution in [-0.2, 0) is 0 Å². The number of rotatable bonds is 5. The molecule has 0 saturated carbocycles. The summed E-state index contributed by atoms with van der Waals surface area (Å²) < 4.78 is 27.1. The van der Waals surface area contributed by atoms with Crippen molar-refractivity contribution < 1.29 is 13.6 Å². The van der Waals surface area contributed by atoms with E-state index < -0.39 is 17.7 Å².